The van der Waals surface area contributed by atoms with Crippen molar-refractivity contribution in [3.8, 4) is 0 Å². The summed E-state index contributed by atoms with van der Waals surface area (Å²) in [6.07, 6.45) is 0. The highest BCUT2D eigenvalue weighted by Gasteiger charge is 2.74. The molecule has 1 saturated heterocycles. The van der Waals surface area contributed by atoms with Gasteiger partial charge in [-0.1, -0.05) is 0 Å². The Kier molecular flexibility index (Phi) is 2.87. The smallest absolute Gasteiger partial charge is 0.381 e. The first-order chi connectivity index (χ1) is 6.51. The summed E-state index contributed by atoms with van der Waals surface area (Å²) in [6.45, 7) is 1.06. The second-order valence-electron chi connectivity index (χ2n) is 2.96. The molecule has 0 bridgehead atoms. The van der Waals surface area contributed by atoms with Crippen LogP contribution < -0.4 is 5.32 Å². The minimum absolute atomic E-state index is 1.06. The van der Waals surface area contributed by atoms with Gasteiger partial charge in [-0.15, -0.1) is 0 Å². The molecule has 0 amide bonds. The van der Waals surface area contributed by atoms with Gasteiger partial charge in [-0.25, -0.2) is 0 Å². The molecule has 1 atom stereocenters. The molecule has 0 aromatic heterocycles. The Labute approximate surface area is 91.7 Å². The van der Waals surface area contributed by atoms with Crippen molar-refractivity contribution in [2.24, 2.45) is 0 Å². The Morgan fingerprint density at radius 1 is 1.33 bits per heavy atom. The van der Waals surface area contributed by atoms with Crippen LogP contribution in [0, 0.1) is 0 Å². The number of ether oxygens (including phenoxy) is 1. The van der Waals surface area contributed by atoms with Crippen LogP contribution in [0.5, 0.6) is 0 Å². The first kappa shape index (κ1) is 12.8. The topological polar surface area (TPSA) is 38.3 Å². The average molecular weight is 270 g/mol. The second-order valence-corrected chi connectivity index (χ2v) is 3.91. The van der Waals surface area contributed by atoms with Crippen molar-refractivity contribution in [3.63, 3.8) is 0 Å². The predicted molar refractivity (Wildman–Crippen MR) is 43.0 cm³/mol. The number of carbonyl (C=O) groups is 1. The third-order valence-corrected chi connectivity index (χ3v) is 2.36. The van der Waals surface area contributed by atoms with Gasteiger partial charge in [0.25, 0.3) is 0 Å². The third-order valence-electron chi connectivity index (χ3n) is 1.83. The quantitative estimate of drug-likeness (QED) is 0.473. The van der Waals surface area contributed by atoms with Crippen molar-refractivity contribution < 1.29 is 27.1 Å². The highest BCUT2D eigenvalue weighted by atomic mass is 35.5. The largest absolute Gasteiger partial charge is 0.426 e. The Morgan fingerprint density at radius 2 is 1.73 bits per heavy atom. The van der Waals surface area contributed by atoms with Gasteiger partial charge in [-0.05, 0) is 30.1 Å². The maximum absolute atomic E-state index is 12.8. The number of hydrogen-bond acceptors (Lipinski definition) is 3. The van der Waals surface area contributed by atoms with Crippen LogP contribution in [0.1, 0.15) is 6.92 Å². The molecule has 0 aromatic rings. The van der Waals surface area contributed by atoms with Gasteiger partial charge in [0.1, 0.15) is 6.04 Å². The number of cyclic esters (lactones) is 1. The zero-order valence-electron chi connectivity index (χ0n) is 7.16. The lowest BCUT2D eigenvalue weighted by Gasteiger charge is -2.34. The number of alkyl halides is 6. The molecule has 0 saturated carbocycles. The molecule has 1 N–H and O–H groups in total. The molecular weight excluding hydrogens is 265 g/mol. The number of carbonyl (C=O) groups excluding carboxylic acids is 1. The van der Waals surface area contributed by atoms with Crippen molar-refractivity contribution in [1.82, 2.24) is 5.32 Å². The molecule has 9 heteroatoms. The molecule has 1 unspecified atom stereocenters. The van der Waals surface area contributed by atoms with E-state index in [9.17, 15) is 22.4 Å². The van der Waals surface area contributed by atoms with E-state index in [2.05, 4.69) is 27.9 Å². The van der Waals surface area contributed by atoms with Crippen LogP contribution in [0.3, 0.4) is 0 Å². The summed E-state index contributed by atoms with van der Waals surface area (Å²) in [5.41, 5.74) is -3.72. The van der Waals surface area contributed by atoms with E-state index in [1.165, 1.54) is 0 Å². The Morgan fingerprint density at radius 3 is 1.87 bits per heavy atom. The fourth-order valence-corrected chi connectivity index (χ4v) is 1.54. The molecule has 3 nitrogen and oxygen atoms in total. The van der Waals surface area contributed by atoms with Crippen LogP contribution in [0.15, 0.2) is 0 Å². The maximum Gasteiger partial charge on any atom is 0.381 e. The van der Waals surface area contributed by atoms with E-state index < -0.39 is 28.5 Å². The number of nitrogens with one attached hydrogen (secondary N) is 1. The number of esters is 1. The monoisotopic (exact) mass is 269 g/mol. The fraction of sp³-hybridized carbons (Fsp3) is 0.833. The SMILES string of the molecule is CC1NC(C(F)(F)Cl)(C(F)(F)Cl)OC1=O. The van der Waals surface area contributed by atoms with E-state index in [4.69, 9.17) is 0 Å². The van der Waals surface area contributed by atoms with Crippen LogP contribution in [-0.2, 0) is 9.53 Å². The Bertz CT molecular complexity index is 274. The highest BCUT2D eigenvalue weighted by molar-refractivity contribution is 6.26. The van der Waals surface area contributed by atoms with Gasteiger partial charge in [0.15, 0.2) is 0 Å². The Hall–Kier alpha value is -0.270. The molecule has 1 heterocycles. The molecule has 1 aliphatic rings. The summed E-state index contributed by atoms with van der Waals surface area (Å²) in [5, 5.41) is -7.52. The van der Waals surface area contributed by atoms with Crippen molar-refractivity contribution >= 4 is 29.2 Å². The molecule has 0 spiro atoms. The summed E-state index contributed by atoms with van der Waals surface area (Å²) in [6, 6.07) is -1.35. The van der Waals surface area contributed by atoms with Crippen LogP contribution in [-0.4, -0.2) is 28.5 Å². The first-order valence-electron chi connectivity index (χ1n) is 3.65. The minimum Gasteiger partial charge on any atom is -0.426 e. The molecule has 0 radical (unpaired) electrons. The molecule has 1 rings (SSSR count). The predicted octanol–water partition coefficient (Wildman–Crippen LogP) is 1.88. The zero-order chi connectivity index (χ0) is 12.1. The van der Waals surface area contributed by atoms with E-state index in [1.807, 2.05) is 0 Å². The van der Waals surface area contributed by atoms with E-state index in [0.29, 0.717) is 0 Å². The van der Waals surface area contributed by atoms with Crippen LogP contribution in [0.25, 0.3) is 0 Å². The van der Waals surface area contributed by atoms with Crippen molar-refractivity contribution in [2.75, 3.05) is 0 Å². The third kappa shape index (κ3) is 1.88. The van der Waals surface area contributed by atoms with Gasteiger partial charge in [-0.3, -0.25) is 10.1 Å². The van der Waals surface area contributed by atoms with Crippen LogP contribution >= 0.6 is 23.2 Å². The van der Waals surface area contributed by atoms with Crippen molar-refractivity contribution in [2.45, 2.75) is 29.5 Å². The molecule has 0 aliphatic carbocycles. The van der Waals surface area contributed by atoms with Crippen molar-refractivity contribution in [1.29, 1.82) is 0 Å². The maximum atomic E-state index is 12.8. The molecule has 1 aliphatic heterocycles. The normalized spacial score (nSPS) is 26.6. The molecule has 15 heavy (non-hydrogen) atoms. The molecule has 1 fully saturated rings. The lowest BCUT2D eigenvalue weighted by atomic mass is 10.2. The number of rotatable bonds is 2. The van der Waals surface area contributed by atoms with E-state index in [0.717, 1.165) is 6.92 Å². The summed E-state index contributed by atoms with van der Waals surface area (Å²) in [5.74, 6) is -1.28. The zero-order valence-corrected chi connectivity index (χ0v) is 8.67. The van der Waals surface area contributed by atoms with Gasteiger partial charge in [0.2, 0.25) is 0 Å². The first-order valence-corrected chi connectivity index (χ1v) is 4.41. The lowest BCUT2D eigenvalue weighted by Crippen LogP contribution is -2.64. The van der Waals surface area contributed by atoms with Gasteiger partial charge in [0.05, 0.1) is 0 Å². The van der Waals surface area contributed by atoms with Gasteiger partial charge in [0, 0.05) is 0 Å². The van der Waals surface area contributed by atoms with E-state index in [-0.39, 0.29) is 0 Å². The van der Waals surface area contributed by atoms with Gasteiger partial charge < -0.3 is 4.74 Å². The minimum atomic E-state index is -4.54. The Balaban J connectivity index is 3.18. The van der Waals surface area contributed by atoms with E-state index in [1.54, 1.807) is 5.32 Å². The van der Waals surface area contributed by atoms with Crippen LogP contribution in [0.2, 0.25) is 0 Å². The summed E-state index contributed by atoms with van der Waals surface area (Å²) < 4.78 is 55.0. The standard InChI is InChI=1S/C6H5Cl2F4NO2/c1-2-3(14)15-4(13-2,5(7,9)10)6(8,11)12/h2,13H,1H3. The summed E-state index contributed by atoms with van der Waals surface area (Å²) in [4.78, 5) is 10.8. The lowest BCUT2D eigenvalue weighted by molar-refractivity contribution is -0.230. The number of hydrogen-bond donors (Lipinski definition) is 1. The number of halogens is 6. The summed E-state index contributed by atoms with van der Waals surface area (Å²) >= 11 is 8.95. The van der Waals surface area contributed by atoms with Gasteiger partial charge in [-0.2, -0.15) is 17.6 Å². The second kappa shape index (κ2) is 3.36. The fourth-order valence-electron chi connectivity index (χ4n) is 1.07. The highest BCUT2D eigenvalue weighted by Crippen LogP contribution is 2.49. The average Bonchev–Trinajstić information content (AvgIpc) is 2.26. The molecule has 0 aromatic carbocycles. The molecular formula is C6H5Cl2F4NO2. The van der Waals surface area contributed by atoms with E-state index >= 15 is 0 Å². The molecule has 88 valence electrons. The summed E-state index contributed by atoms with van der Waals surface area (Å²) in [7, 11) is 0. The van der Waals surface area contributed by atoms with Gasteiger partial charge >= 0.3 is 22.5 Å². The van der Waals surface area contributed by atoms with Crippen LogP contribution in [0.4, 0.5) is 17.6 Å². The van der Waals surface area contributed by atoms with Crippen molar-refractivity contribution in [3.05, 3.63) is 0 Å².